The molecule has 0 saturated carbocycles. The highest BCUT2D eigenvalue weighted by Gasteiger charge is 2.35. The molecule has 0 bridgehead atoms. The topological polar surface area (TPSA) is 27.0 Å². The molecule has 0 aliphatic carbocycles. The van der Waals surface area contributed by atoms with Crippen LogP contribution >= 0.6 is 0 Å². The van der Waals surface area contributed by atoms with Crippen molar-refractivity contribution in [3.8, 4) is 6.07 Å². The van der Waals surface area contributed by atoms with E-state index in [2.05, 4.69) is 31.7 Å². The van der Waals surface area contributed by atoms with Crippen LogP contribution in [0.2, 0.25) is 0 Å². The number of halogens is 2. The van der Waals surface area contributed by atoms with E-state index >= 15 is 0 Å². The van der Waals surface area contributed by atoms with Crippen molar-refractivity contribution in [3.63, 3.8) is 0 Å². The fraction of sp³-hybridized carbons (Fsp3) is 0.562. The number of hydrogen-bond acceptors (Lipinski definition) is 2. The highest BCUT2D eigenvalue weighted by Crippen LogP contribution is 2.36. The van der Waals surface area contributed by atoms with E-state index in [1.54, 1.807) is 0 Å². The minimum absolute atomic E-state index is 0.0187. The molecule has 0 spiro atoms. The van der Waals surface area contributed by atoms with Gasteiger partial charge in [0, 0.05) is 24.1 Å². The summed E-state index contributed by atoms with van der Waals surface area (Å²) in [6.07, 6.45) is 0.718. The van der Waals surface area contributed by atoms with Gasteiger partial charge in [-0.15, -0.1) is 0 Å². The van der Waals surface area contributed by atoms with Crippen molar-refractivity contribution >= 4 is 0 Å². The SMILES string of the molecule is CC(C)(C)N1CCC(C#N)[C@H](c2ccc(F)cc2F)C1. The van der Waals surface area contributed by atoms with Crippen molar-refractivity contribution in [2.75, 3.05) is 13.1 Å². The van der Waals surface area contributed by atoms with Gasteiger partial charge in [0.15, 0.2) is 0 Å². The molecule has 0 aromatic heterocycles. The predicted octanol–water partition coefficient (Wildman–Crippen LogP) is 3.69. The molecule has 1 fully saturated rings. The lowest BCUT2D eigenvalue weighted by molar-refractivity contribution is 0.0833. The van der Waals surface area contributed by atoms with Gasteiger partial charge in [-0.05, 0) is 45.4 Å². The van der Waals surface area contributed by atoms with Gasteiger partial charge in [0.05, 0.1) is 12.0 Å². The van der Waals surface area contributed by atoms with Crippen LogP contribution in [0.4, 0.5) is 8.78 Å². The minimum atomic E-state index is -0.580. The summed E-state index contributed by atoms with van der Waals surface area (Å²) in [5.74, 6) is -1.55. The van der Waals surface area contributed by atoms with Crippen LogP contribution in [0.15, 0.2) is 18.2 Å². The largest absolute Gasteiger partial charge is 0.298 e. The minimum Gasteiger partial charge on any atom is -0.298 e. The Kier molecular flexibility index (Phi) is 4.10. The third-order valence-corrected chi connectivity index (χ3v) is 4.09. The van der Waals surface area contributed by atoms with Crippen LogP contribution in [0.1, 0.15) is 38.7 Å². The number of nitriles is 1. The highest BCUT2D eigenvalue weighted by molar-refractivity contribution is 5.26. The molecule has 1 aromatic rings. The van der Waals surface area contributed by atoms with Crippen molar-refractivity contribution in [1.29, 1.82) is 5.26 Å². The van der Waals surface area contributed by atoms with Crippen molar-refractivity contribution in [1.82, 2.24) is 4.90 Å². The van der Waals surface area contributed by atoms with Crippen molar-refractivity contribution in [2.24, 2.45) is 5.92 Å². The lowest BCUT2D eigenvalue weighted by atomic mass is 9.80. The zero-order chi connectivity index (χ0) is 14.9. The Morgan fingerprint density at radius 2 is 2.00 bits per heavy atom. The maximum absolute atomic E-state index is 14.0. The Morgan fingerprint density at radius 1 is 1.30 bits per heavy atom. The zero-order valence-electron chi connectivity index (χ0n) is 12.2. The first-order chi connectivity index (χ1) is 9.32. The average molecular weight is 278 g/mol. The Morgan fingerprint density at radius 3 is 2.55 bits per heavy atom. The molecule has 1 aliphatic rings. The summed E-state index contributed by atoms with van der Waals surface area (Å²) in [5.41, 5.74) is 0.432. The average Bonchev–Trinajstić information content (AvgIpc) is 2.37. The smallest absolute Gasteiger partial charge is 0.129 e. The van der Waals surface area contributed by atoms with Gasteiger partial charge in [-0.1, -0.05) is 6.07 Å². The Balaban J connectivity index is 2.32. The summed E-state index contributed by atoms with van der Waals surface area (Å²) in [7, 11) is 0. The Hall–Kier alpha value is -1.47. The molecule has 1 unspecified atom stereocenters. The van der Waals surface area contributed by atoms with E-state index in [4.69, 9.17) is 0 Å². The predicted molar refractivity (Wildman–Crippen MR) is 74.1 cm³/mol. The van der Waals surface area contributed by atoms with Crippen LogP contribution in [-0.2, 0) is 0 Å². The number of piperidine rings is 1. The fourth-order valence-corrected chi connectivity index (χ4v) is 2.83. The molecule has 1 saturated heterocycles. The van der Waals surface area contributed by atoms with Crippen LogP contribution in [0.25, 0.3) is 0 Å². The van der Waals surface area contributed by atoms with E-state index in [0.29, 0.717) is 12.1 Å². The van der Waals surface area contributed by atoms with Gasteiger partial charge in [0.1, 0.15) is 11.6 Å². The van der Waals surface area contributed by atoms with E-state index in [9.17, 15) is 14.0 Å². The van der Waals surface area contributed by atoms with Crippen molar-refractivity contribution in [2.45, 2.75) is 38.6 Å². The van der Waals surface area contributed by atoms with Crippen molar-refractivity contribution in [3.05, 3.63) is 35.4 Å². The Bertz CT molecular complexity index is 528. The molecule has 1 heterocycles. The van der Waals surface area contributed by atoms with Gasteiger partial charge in [0.25, 0.3) is 0 Å². The van der Waals surface area contributed by atoms with Gasteiger partial charge < -0.3 is 0 Å². The summed E-state index contributed by atoms with van der Waals surface area (Å²) in [6, 6.07) is 5.93. The monoisotopic (exact) mass is 278 g/mol. The zero-order valence-corrected chi connectivity index (χ0v) is 12.2. The molecule has 1 aromatic carbocycles. The number of hydrogen-bond donors (Lipinski definition) is 0. The summed E-state index contributed by atoms with van der Waals surface area (Å²) >= 11 is 0. The quantitative estimate of drug-likeness (QED) is 0.783. The van der Waals surface area contributed by atoms with Crippen LogP contribution in [0.5, 0.6) is 0 Å². The van der Waals surface area contributed by atoms with Crippen LogP contribution in [-0.4, -0.2) is 23.5 Å². The molecular weight excluding hydrogens is 258 g/mol. The number of rotatable bonds is 1. The van der Waals surface area contributed by atoms with Gasteiger partial charge in [-0.25, -0.2) is 8.78 Å². The molecule has 1 aliphatic heterocycles. The molecule has 0 amide bonds. The molecule has 108 valence electrons. The van der Waals surface area contributed by atoms with Crippen LogP contribution < -0.4 is 0 Å². The Labute approximate surface area is 119 Å². The second-order valence-electron chi connectivity index (χ2n) is 6.41. The fourth-order valence-electron chi connectivity index (χ4n) is 2.83. The molecule has 2 nitrogen and oxygen atoms in total. The standard InChI is InChI=1S/C16H20F2N2/c1-16(2,3)20-7-6-11(9-19)14(10-20)13-5-4-12(17)8-15(13)18/h4-5,8,11,14H,6-7,10H2,1-3H3/t11?,14-/m1/s1. The normalized spacial score (nSPS) is 24.4. The summed E-state index contributed by atoms with van der Waals surface area (Å²) in [6.45, 7) is 7.79. The lowest BCUT2D eigenvalue weighted by Gasteiger charge is -2.43. The third kappa shape index (κ3) is 2.99. The van der Waals surface area contributed by atoms with Crippen molar-refractivity contribution < 1.29 is 8.78 Å². The first-order valence-corrected chi connectivity index (χ1v) is 6.92. The highest BCUT2D eigenvalue weighted by atomic mass is 19.1. The molecule has 0 radical (unpaired) electrons. The molecule has 0 N–H and O–H groups in total. The molecular formula is C16H20F2N2. The molecule has 2 rings (SSSR count). The van der Waals surface area contributed by atoms with Gasteiger partial charge in [-0.3, -0.25) is 4.90 Å². The second kappa shape index (κ2) is 5.49. The molecule has 4 heteroatoms. The molecule has 2 atom stereocenters. The van der Waals surface area contributed by atoms with E-state index in [1.165, 1.54) is 12.1 Å². The van der Waals surface area contributed by atoms with E-state index in [1.807, 2.05) is 0 Å². The maximum Gasteiger partial charge on any atom is 0.129 e. The van der Waals surface area contributed by atoms with E-state index < -0.39 is 11.6 Å². The first-order valence-electron chi connectivity index (χ1n) is 6.92. The number of nitrogens with zero attached hydrogens (tertiary/aromatic N) is 2. The van der Waals surface area contributed by atoms with Gasteiger partial charge >= 0.3 is 0 Å². The van der Waals surface area contributed by atoms with Gasteiger partial charge in [0.2, 0.25) is 0 Å². The summed E-state index contributed by atoms with van der Waals surface area (Å²) in [4.78, 5) is 2.26. The van der Waals surface area contributed by atoms with E-state index in [0.717, 1.165) is 19.0 Å². The maximum atomic E-state index is 14.0. The summed E-state index contributed by atoms with van der Waals surface area (Å²) in [5, 5.41) is 9.29. The third-order valence-electron chi connectivity index (χ3n) is 4.09. The summed E-state index contributed by atoms with van der Waals surface area (Å²) < 4.78 is 27.0. The van der Waals surface area contributed by atoms with Crippen LogP contribution in [0, 0.1) is 28.9 Å². The first kappa shape index (κ1) is 14.9. The molecule has 20 heavy (non-hydrogen) atoms. The van der Waals surface area contributed by atoms with Gasteiger partial charge in [-0.2, -0.15) is 5.26 Å². The lowest BCUT2D eigenvalue weighted by Crippen LogP contribution is -2.49. The van der Waals surface area contributed by atoms with E-state index in [-0.39, 0.29) is 17.4 Å². The second-order valence-corrected chi connectivity index (χ2v) is 6.41. The number of benzene rings is 1. The number of likely N-dealkylation sites (tertiary alicyclic amines) is 1. The van der Waals surface area contributed by atoms with Crippen LogP contribution in [0.3, 0.4) is 0 Å².